The average molecular weight is 409 g/mol. The fourth-order valence-corrected chi connectivity index (χ4v) is 4.27. The second-order valence-corrected chi connectivity index (χ2v) is 8.49. The molecule has 0 saturated carbocycles. The first-order chi connectivity index (χ1) is 14.2. The van der Waals surface area contributed by atoms with Crippen molar-refractivity contribution >= 4 is 17.7 Å². The predicted molar refractivity (Wildman–Crippen MR) is 113 cm³/mol. The van der Waals surface area contributed by atoms with Crippen LogP contribution in [-0.2, 0) is 11.3 Å². The van der Waals surface area contributed by atoms with Crippen molar-refractivity contribution in [1.29, 1.82) is 0 Å². The number of amides is 1. The monoisotopic (exact) mass is 408 g/mol. The quantitative estimate of drug-likeness (QED) is 0.606. The summed E-state index contributed by atoms with van der Waals surface area (Å²) in [5, 5.41) is 15.4. The van der Waals surface area contributed by atoms with E-state index in [4.69, 9.17) is 0 Å². The van der Waals surface area contributed by atoms with Gasteiger partial charge in [0, 0.05) is 25.7 Å². The number of hydrogen-bond donors (Lipinski definition) is 1. The molecule has 2 aromatic carbocycles. The second-order valence-electron chi connectivity index (χ2n) is 7.18. The molecule has 4 rings (SSSR count). The van der Waals surface area contributed by atoms with Crippen LogP contribution >= 0.6 is 11.8 Å². The summed E-state index contributed by atoms with van der Waals surface area (Å²) in [7, 11) is 0. The number of rotatable bonds is 7. The van der Waals surface area contributed by atoms with Crippen molar-refractivity contribution in [2.45, 2.75) is 36.3 Å². The minimum absolute atomic E-state index is 0.0178. The highest BCUT2D eigenvalue weighted by atomic mass is 32.2. The van der Waals surface area contributed by atoms with E-state index in [0.717, 1.165) is 31.7 Å². The van der Waals surface area contributed by atoms with Crippen molar-refractivity contribution in [3.63, 3.8) is 0 Å². The van der Waals surface area contributed by atoms with Crippen LogP contribution < -0.4 is 5.32 Å². The van der Waals surface area contributed by atoms with Gasteiger partial charge >= 0.3 is 0 Å². The van der Waals surface area contributed by atoms with Gasteiger partial charge < -0.3 is 5.32 Å². The maximum absolute atomic E-state index is 12.7. The zero-order valence-corrected chi connectivity index (χ0v) is 17.1. The summed E-state index contributed by atoms with van der Waals surface area (Å²) in [5.41, 5.74) is 2.18. The maximum atomic E-state index is 12.7. The number of nitrogens with one attached hydrogen (secondary N) is 1. The highest BCUT2D eigenvalue weighted by Crippen LogP contribution is 2.23. The number of para-hydroxylation sites is 1. The third-order valence-electron chi connectivity index (χ3n) is 4.96. The minimum Gasteiger partial charge on any atom is -0.351 e. The number of thioether (sulfide) groups is 1. The summed E-state index contributed by atoms with van der Waals surface area (Å²) in [6.45, 7) is 4.68. The van der Waals surface area contributed by atoms with Gasteiger partial charge in [0.1, 0.15) is 0 Å². The van der Waals surface area contributed by atoms with Gasteiger partial charge in [-0.25, -0.2) is 0 Å². The molecule has 1 aliphatic heterocycles. The molecule has 2 atom stereocenters. The van der Waals surface area contributed by atoms with Crippen LogP contribution in [0.3, 0.4) is 0 Å². The first-order valence-corrected chi connectivity index (χ1v) is 10.6. The van der Waals surface area contributed by atoms with E-state index in [1.54, 1.807) is 4.68 Å². The van der Waals surface area contributed by atoms with E-state index >= 15 is 0 Å². The van der Waals surface area contributed by atoms with Crippen molar-refractivity contribution in [3.05, 3.63) is 66.2 Å². The van der Waals surface area contributed by atoms with Crippen LogP contribution in [0.15, 0.2) is 65.8 Å². The van der Waals surface area contributed by atoms with E-state index in [-0.39, 0.29) is 17.2 Å². The summed E-state index contributed by atoms with van der Waals surface area (Å²) >= 11 is 1.37. The van der Waals surface area contributed by atoms with E-state index in [9.17, 15) is 4.79 Å². The third-order valence-corrected chi connectivity index (χ3v) is 5.99. The number of likely N-dealkylation sites (tertiary alicyclic amines) is 1. The van der Waals surface area contributed by atoms with Crippen LogP contribution in [0.2, 0.25) is 0 Å². The lowest BCUT2D eigenvalue weighted by molar-refractivity contribution is -0.120. The van der Waals surface area contributed by atoms with E-state index in [1.807, 2.05) is 43.3 Å². The number of carbonyl (C=O) groups is 1. The molecule has 3 aromatic rings. The van der Waals surface area contributed by atoms with Crippen molar-refractivity contribution < 1.29 is 4.79 Å². The standard InChI is InChI=1S/C21H24N6OS/c1-16(29-21-23-24-25-27(21)19-10-6-3-7-11-19)20(28)22-18-12-13-26(15-18)14-17-8-4-2-5-9-17/h2-11,16,18H,12-15H2,1H3,(H,22,28). The normalized spacial score (nSPS) is 17.9. The Morgan fingerprint density at radius 3 is 2.66 bits per heavy atom. The molecular formula is C21H24N6OS. The van der Waals surface area contributed by atoms with Gasteiger partial charge in [0.05, 0.1) is 10.9 Å². The van der Waals surface area contributed by atoms with Crippen LogP contribution in [0.5, 0.6) is 0 Å². The third kappa shape index (κ3) is 5.02. The number of carbonyl (C=O) groups excluding carboxylic acids is 1. The number of aromatic nitrogens is 4. The van der Waals surface area contributed by atoms with Crippen LogP contribution in [0, 0.1) is 0 Å². The molecule has 2 heterocycles. The summed E-state index contributed by atoms with van der Waals surface area (Å²) in [6, 6.07) is 20.3. The molecule has 1 N–H and O–H groups in total. The van der Waals surface area contributed by atoms with E-state index < -0.39 is 0 Å². The Bertz CT molecular complexity index is 933. The van der Waals surface area contributed by atoms with Gasteiger partial charge in [-0.3, -0.25) is 9.69 Å². The molecular weight excluding hydrogens is 384 g/mol. The van der Waals surface area contributed by atoms with E-state index in [0.29, 0.717) is 5.16 Å². The van der Waals surface area contributed by atoms with E-state index in [2.05, 4.69) is 50.0 Å². The van der Waals surface area contributed by atoms with Gasteiger partial charge in [0.15, 0.2) is 0 Å². The Morgan fingerprint density at radius 1 is 1.17 bits per heavy atom. The molecule has 1 aromatic heterocycles. The second kappa shape index (κ2) is 9.19. The number of hydrogen-bond acceptors (Lipinski definition) is 6. The van der Waals surface area contributed by atoms with Gasteiger partial charge in [-0.1, -0.05) is 60.3 Å². The zero-order chi connectivity index (χ0) is 20.1. The number of tetrazole rings is 1. The molecule has 150 valence electrons. The van der Waals surface area contributed by atoms with Gasteiger partial charge in [0.2, 0.25) is 11.1 Å². The SMILES string of the molecule is CC(Sc1nnnn1-c1ccccc1)C(=O)NC1CCN(Cc2ccccc2)C1. The zero-order valence-electron chi connectivity index (χ0n) is 16.3. The van der Waals surface area contributed by atoms with Crippen LogP contribution in [0.4, 0.5) is 0 Å². The molecule has 0 spiro atoms. The summed E-state index contributed by atoms with van der Waals surface area (Å²) in [4.78, 5) is 15.1. The number of benzene rings is 2. The van der Waals surface area contributed by atoms with E-state index in [1.165, 1.54) is 17.3 Å². The van der Waals surface area contributed by atoms with Crippen LogP contribution in [0.25, 0.3) is 5.69 Å². The topological polar surface area (TPSA) is 75.9 Å². The lowest BCUT2D eigenvalue weighted by Crippen LogP contribution is -2.40. The van der Waals surface area contributed by atoms with Crippen LogP contribution in [0.1, 0.15) is 18.9 Å². The lowest BCUT2D eigenvalue weighted by Gasteiger charge is -2.18. The molecule has 8 heteroatoms. The molecule has 1 amide bonds. The van der Waals surface area contributed by atoms with Crippen molar-refractivity contribution in [3.8, 4) is 5.69 Å². The predicted octanol–water partition coefficient (Wildman–Crippen LogP) is 2.53. The number of nitrogens with zero attached hydrogens (tertiary/aromatic N) is 5. The van der Waals surface area contributed by atoms with Crippen molar-refractivity contribution in [1.82, 2.24) is 30.4 Å². The molecule has 1 aliphatic rings. The first-order valence-electron chi connectivity index (χ1n) is 9.76. The maximum Gasteiger partial charge on any atom is 0.233 e. The highest BCUT2D eigenvalue weighted by molar-refractivity contribution is 8.00. The summed E-state index contributed by atoms with van der Waals surface area (Å²) in [6.07, 6.45) is 0.970. The lowest BCUT2D eigenvalue weighted by atomic mass is 10.2. The van der Waals surface area contributed by atoms with Gasteiger partial charge in [0.25, 0.3) is 0 Å². The van der Waals surface area contributed by atoms with Crippen molar-refractivity contribution in [2.75, 3.05) is 13.1 Å². The molecule has 0 radical (unpaired) electrons. The smallest absolute Gasteiger partial charge is 0.233 e. The Morgan fingerprint density at radius 2 is 1.90 bits per heavy atom. The Kier molecular flexibility index (Phi) is 6.21. The fraction of sp³-hybridized carbons (Fsp3) is 0.333. The van der Waals surface area contributed by atoms with Gasteiger partial charge in [-0.15, -0.1) is 5.10 Å². The highest BCUT2D eigenvalue weighted by Gasteiger charge is 2.26. The Balaban J connectivity index is 1.30. The Hall–Kier alpha value is -2.71. The molecule has 0 aliphatic carbocycles. The summed E-state index contributed by atoms with van der Waals surface area (Å²) in [5.74, 6) is 0.0178. The molecule has 29 heavy (non-hydrogen) atoms. The molecule has 1 fully saturated rings. The Labute approximate surface area is 174 Å². The van der Waals surface area contributed by atoms with Gasteiger partial charge in [-0.2, -0.15) is 4.68 Å². The van der Waals surface area contributed by atoms with Crippen LogP contribution in [-0.4, -0.2) is 55.4 Å². The van der Waals surface area contributed by atoms with Crippen molar-refractivity contribution in [2.24, 2.45) is 0 Å². The largest absolute Gasteiger partial charge is 0.351 e. The van der Waals surface area contributed by atoms with Gasteiger partial charge in [-0.05, 0) is 41.5 Å². The molecule has 2 unspecified atom stereocenters. The fourth-order valence-electron chi connectivity index (χ4n) is 3.45. The molecule has 7 nitrogen and oxygen atoms in total. The molecule has 0 bridgehead atoms. The summed E-state index contributed by atoms with van der Waals surface area (Å²) < 4.78 is 1.66. The minimum atomic E-state index is -0.286. The molecule has 1 saturated heterocycles. The average Bonchev–Trinajstić information content (AvgIpc) is 3.39. The first kappa shape index (κ1) is 19.6.